The molecule has 0 fully saturated rings. The van der Waals surface area contributed by atoms with Crippen molar-refractivity contribution in [3.8, 4) is 0 Å². The molecule has 2 aromatic heterocycles. The molecule has 0 bridgehead atoms. The maximum absolute atomic E-state index is 2.31. The zero-order valence-electron chi connectivity index (χ0n) is 14.6. The Hall–Kier alpha value is -1.46. The van der Waals surface area contributed by atoms with Crippen LogP contribution >= 0.6 is 34.4 Å². The molecule has 4 aromatic rings. The summed E-state index contributed by atoms with van der Waals surface area (Å²) in [4.78, 5) is 2.77. The van der Waals surface area contributed by atoms with E-state index in [2.05, 4.69) is 92.0 Å². The lowest BCUT2D eigenvalue weighted by Crippen LogP contribution is -2.02. The minimum absolute atomic E-state index is 0.0502. The van der Waals surface area contributed by atoms with E-state index in [1.807, 2.05) is 23.1 Å². The van der Waals surface area contributed by atoms with Crippen LogP contribution in [0.5, 0.6) is 0 Å². The summed E-state index contributed by atoms with van der Waals surface area (Å²) in [5.74, 6) is 0. The third-order valence-corrected chi connectivity index (χ3v) is 9.79. The number of hydrogen-bond donors (Lipinski definition) is 0. The van der Waals surface area contributed by atoms with Crippen molar-refractivity contribution in [3.05, 3.63) is 89.3 Å². The van der Waals surface area contributed by atoms with E-state index in [1.165, 1.54) is 33.5 Å². The number of benzene rings is 2. The topological polar surface area (TPSA) is 0 Å². The highest BCUT2D eigenvalue weighted by molar-refractivity contribution is 8.03. The lowest BCUT2D eigenvalue weighted by molar-refractivity contribution is 1.31. The molecule has 0 atom stereocenters. The van der Waals surface area contributed by atoms with Crippen molar-refractivity contribution in [1.29, 1.82) is 0 Å². The van der Waals surface area contributed by atoms with E-state index in [-0.39, 0.29) is 10.9 Å². The van der Waals surface area contributed by atoms with Gasteiger partial charge >= 0.3 is 0 Å². The first-order valence-electron chi connectivity index (χ1n) is 8.38. The molecule has 0 aliphatic rings. The van der Waals surface area contributed by atoms with Crippen LogP contribution in [-0.4, -0.2) is 0 Å². The summed E-state index contributed by atoms with van der Waals surface area (Å²) in [6.45, 7) is 4.30. The van der Waals surface area contributed by atoms with E-state index >= 15 is 0 Å². The number of aryl methyl sites for hydroxylation is 2. The predicted octanol–water partition coefficient (Wildman–Crippen LogP) is 7.67. The van der Waals surface area contributed by atoms with Crippen molar-refractivity contribution in [2.45, 2.75) is 36.3 Å². The van der Waals surface area contributed by atoms with Crippen LogP contribution in [0.15, 0.2) is 101 Å². The van der Waals surface area contributed by atoms with Gasteiger partial charge in [0.1, 0.15) is 10.9 Å². The summed E-state index contributed by atoms with van der Waals surface area (Å²) < 4.78 is 4.14. The predicted molar refractivity (Wildman–Crippen MR) is 117 cm³/mol. The van der Waals surface area contributed by atoms with Gasteiger partial charge in [-0.25, -0.2) is 0 Å². The first kappa shape index (κ1) is 17.9. The molecule has 0 saturated heterocycles. The average molecular weight is 412 g/mol. The van der Waals surface area contributed by atoms with Gasteiger partial charge in [-0.3, -0.25) is 0 Å². The Balaban J connectivity index is 1.71. The molecule has 0 saturated carbocycles. The maximum Gasteiger partial charge on any atom is 0.221 e. The highest BCUT2D eigenvalue weighted by atomic mass is 32.2. The van der Waals surface area contributed by atoms with Gasteiger partial charge in [0.2, 0.25) is 4.21 Å². The van der Waals surface area contributed by atoms with E-state index < -0.39 is 0 Å². The smallest absolute Gasteiger partial charge is 0.137 e. The van der Waals surface area contributed by atoms with Crippen molar-refractivity contribution >= 4 is 45.3 Å². The second kappa shape index (κ2) is 8.05. The molecule has 2 heterocycles. The van der Waals surface area contributed by atoms with E-state index in [1.54, 1.807) is 11.3 Å². The molecule has 0 N–H and O–H groups in total. The Morgan fingerprint density at radius 2 is 1.31 bits per heavy atom. The second-order valence-corrected chi connectivity index (χ2v) is 11.9. The quantitative estimate of drug-likeness (QED) is 0.304. The Kier molecular flexibility index (Phi) is 5.55. The van der Waals surface area contributed by atoms with Crippen molar-refractivity contribution in [1.82, 2.24) is 0 Å². The van der Waals surface area contributed by atoms with Gasteiger partial charge in [-0.05, 0) is 55.6 Å². The van der Waals surface area contributed by atoms with Crippen LogP contribution in [0.25, 0.3) is 0 Å². The minimum Gasteiger partial charge on any atom is -0.137 e. The van der Waals surface area contributed by atoms with Crippen LogP contribution in [0.4, 0.5) is 0 Å². The second-order valence-electron chi connectivity index (χ2n) is 6.04. The van der Waals surface area contributed by atoms with Gasteiger partial charge in [-0.2, -0.15) is 0 Å². The normalized spacial score (nSPS) is 11.2. The molecule has 0 aliphatic carbocycles. The van der Waals surface area contributed by atoms with Crippen LogP contribution < -0.4 is 0 Å². The summed E-state index contributed by atoms with van der Waals surface area (Å²) in [6.07, 6.45) is 0. The zero-order valence-corrected chi connectivity index (χ0v) is 17.9. The summed E-state index contributed by atoms with van der Waals surface area (Å²) in [5.41, 5.74) is 2.61. The molecule has 4 rings (SSSR count). The largest absolute Gasteiger partial charge is 0.221 e. The molecular weight excluding hydrogens is 393 g/mol. The van der Waals surface area contributed by atoms with Gasteiger partial charge in [0.05, 0.1) is 8.42 Å². The van der Waals surface area contributed by atoms with Crippen molar-refractivity contribution in [2.75, 3.05) is 0 Å². The van der Waals surface area contributed by atoms with Gasteiger partial charge in [0, 0.05) is 6.07 Å². The van der Waals surface area contributed by atoms with Gasteiger partial charge in [-0.15, -0.1) is 11.3 Å². The lowest BCUT2D eigenvalue weighted by atomic mass is 10.2. The van der Waals surface area contributed by atoms with E-state index in [9.17, 15) is 0 Å². The van der Waals surface area contributed by atoms with Crippen LogP contribution in [0.1, 0.15) is 11.1 Å². The molecule has 0 unspecified atom stereocenters. The van der Waals surface area contributed by atoms with Crippen LogP contribution in [0, 0.1) is 13.8 Å². The molecule has 130 valence electrons. The summed E-state index contributed by atoms with van der Waals surface area (Å²) in [6, 6.07) is 26.9. The fourth-order valence-electron chi connectivity index (χ4n) is 2.61. The maximum atomic E-state index is 2.31. The molecule has 0 amide bonds. The highest BCUT2D eigenvalue weighted by Gasteiger charge is 2.30. The zero-order chi connectivity index (χ0) is 17.9. The number of rotatable bonds is 5. The van der Waals surface area contributed by atoms with Gasteiger partial charge in [0.15, 0.2) is 9.79 Å². The summed E-state index contributed by atoms with van der Waals surface area (Å²) >= 11 is 5.59. The molecule has 0 nitrogen and oxygen atoms in total. The third kappa shape index (κ3) is 4.09. The average Bonchev–Trinajstić information content (AvgIpc) is 3.31. The molecule has 4 heteroatoms. The molecule has 2 aromatic carbocycles. The Bertz CT molecular complexity index is 918. The van der Waals surface area contributed by atoms with Gasteiger partial charge < -0.3 is 0 Å². The van der Waals surface area contributed by atoms with Crippen molar-refractivity contribution in [2.24, 2.45) is 0 Å². The van der Waals surface area contributed by atoms with Crippen molar-refractivity contribution in [3.63, 3.8) is 0 Å². The minimum atomic E-state index is -0.0502. The first-order valence-corrected chi connectivity index (χ1v) is 12.1. The molecule has 0 aliphatic heterocycles. The summed E-state index contributed by atoms with van der Waals surface area (Å²) in [5, 5.41) is 2.14. The highest BCUT2D eigenvalue weighted by Crippen LogP contribution is 2.41. The summed E-state index contributed by atoms with van der Waals surface area (Å²) in [7, 11) is -0.0502. The van der Waals surface area contributed by atoms with E-state index in [0.29, 0.717) is 0 Å². The van der Waals surface area contributed by atoms with Crippen LogP contribution in [-0.2, 0) is 10.9 Å². The van der Waals surface area contributed by atoms with Crippen molar-refractivity contribution < 1.29 is 0 Å². The Morgan fingerprint density at radius 1 is 0.692 bits per heavy atom. The molecule has 0 radical (unpaired) electrons. The number of hydrogen-bond acceptors (Lipinski definition) is 3. The van der Waals surface area contributed by atoms with Crippen LogP contribution in [0.2, 0.25) is 0 Å². The van der Waals surface area contributed by atoms with Gasteiger partial charge in [-0.1, -0.05) is 64.6 Å². The van der Waals surface area contributed by atoms with Crippen LogP contribution in [0.3, 0.4) is 0 Å². The van der Waals surface area contributed by atoms with Gasteiger partial charge in [0.25, 0.3) is 0 Å². The standard InChI is InChI=1S/C22H19S4/c1-16-5-9-18(10-6-16)26(19-11-7-17(2)8-12-19)22-14-13-21(25-22)24-20-4-3-15-23-20/h3-15H,1-2H3/q+1. The SMILES string of the molecule is Cc1ccc([S+](c2ccc(C)cc2)c2ccc(Sc3cccs3)s2)cc1. The van der Waals surface area contributed by atoms with E-state index in [4.69, 9.17) is 0 Å². The monoisotopic (exact) mass is 411 g/mol. The molecule has 0 spiro atoms. The first-order chi connectivity index (χ1) is 12.7. The Labute approximate surface area is 170 Å². The van der Waals surface area contributed by atoms with E-state index in [0.717, 1.165) is 0 Å². The fraction of sp³-hybridized carbons (Fsp3) is 0.0909. The third-order valence-electron chi connectivity index (χ3n) is 3.97. The lowest BCUT2D eigenvalue weighted by Gasteiger charge is -2.06. The Morgan fingerprint density at radius 3 is 1.85 bits per heavy atom. The molecular formula is C22H19S4+. The fourth-order valence-corrected chi connectivity index (χ4v) is 8.59. The number of thiophene rings is 2. The molecule has 26 heavy (non-hydrogen) atoms.